The quantitative estimate of drug-likeness (QED) is 0.442. The summed E-state index contributed by atoms with van der Waals surface area (Å²) in [6.07, 6.45) is 1.23. The van der Waals surface area contributed by atoms with Crippen molar-refractivity contribution in [3.05, 3.63) is 77.4 Å². The highest BCUT2D eigenvalue weighted by atomic mass is 16.7. The van der Waals surface area contributed by atoms with Crippen LogP contribution in [0.25, 0.3) is 22.2 Å². The monoisotopic (exact) mass is 411 g/mol. The number of carbonyl (C=O) groups is 1. The molecular weight excluding hydrogens is 390 g/mol. The van der Waals surface area contributed by atoms with Gasteiger partial charge < -0.3 is 18.8 Å². The second kappa shape index (κ2) is 6.91. The summed E-state index contributed by atoms with van der Waals surface area (Å²) in [5.41, 5.74) is 6.13. The molecule has 0 spiro atoms. The summed E-state index contributed by atoms with van der Waals surface area (Å²) >= 11 is 0. The van der Waals surface area contributed by atoms with Crippen LogP contribution in [0.1, 0.15) is 21.5 Å². The van der Waals surface area contributed by atoms with Gasteiger partial charge in [-0.15, -0.1) is 0 Å². The summed E-state index contributed by atoms with van der Waals surface area (Å²) in [6, 6.07) is 20.1. The van der Waals surface area contributed by atoms with Gasteiger partial charge in [-0.1, -0.05) is 30.3 Å². The molecule has 0 fully saturated rings. The van der Waals surface area contributed by atoms with Crippen LogP contribution in [0.3, 0.4) is 0 Å². The van der Waals surface area contributed by atoms with Crippen molar-refractivity contribution in [2.75, 3.05) is 13.9 Å². The zero-order valence-electron chi connectivity index (χ0n) is 17.2. The van der Waals surface area contributed by atoms with Gasteiger partial charge in [0.25, 0.3) is 0 Å². The van der Waals surface area contributed by atoms with E-state index in [1.165, 1.54) is 5.56 Å². The molecule has 6 rings (SSSR count). The first-order valence-electron chi connectivity index (χ1n) is 10.4. The Morgan fingerprint density at radius 3 is 2.65 bits per heavy atom. The number of hydrogen-bond acceptors (Lipinski definition) is 4. The van der Waals surface area contributed by atoms with Crippen molar-refractivity contribution in [2.45, 2.75) is 19.4 Å². The van der Waals surface area contributed by atoms with Gasteiger partial charge in [-0.25, -0.2) is 0 Å². The van der Waals surface area contributed by atoms with Crippen LogP contribution in [0, 0.1) is 0 Å². The van der Waals surface area contributed by atoms with Gasteiger partial charge in [0.15, 0.2) is 17.3 Å². The maximum absolute atomic E-state index is 13.2. The first-order chi connectivity index (χ1) is 15.2. The van der Waals surface area contributed by atoms with Gasteiger partial charge in [-0.3, -0.25) is 4.79 Å². The Hall–Kier alpha value is -3.73. The number of ketones is 1. The average molecular weight is 411 g/mol. The van der Waals surface area contributed by atoms with Gasteiger partial charge in [-0.05, 0) is 41.8 Å². The average Bonchev–Trinajstić information content (AvgIpc) is 3.40. The topological polar surface area (TPSA) is 49.7 Å². The van der Waals surface area contributed by atoms with Gasteiger partial charge in [-0.2, -0.15) is 0 Å². The summed E-state index contributed by atoms with van der Waals surface area (Å²) in [5.74, 6) is 2.27. The number of aryl methyl sites for hydroxylation is 2. The molecule has 0 aliphatic carbocycles. The second-order valence-corrected chi connectivity index (χ2v) is 7.99. The van der Waals surface area contributed by atoms with Crippen LogP contribution in [0.4, 0.5) is 0 Å². The highest BCUT2D eigenvalue weighted by molar-refractivity contribution is 6.02. The van der Waals surface area contributed by atoms with Crippen molar-refractivity contribution in [3.8, 4) is 28.5 Å². The lowest BCUT2D eigenvalue weighted by atomic mass is 9.92. The SMILES string of the molecule is COc1cc2c(cc1C(=O)Cc1ccccc1)-c1cc3cc4c(cc3n1CC2)OCO4. The van der Waals surface area contributed by atoms with Crippen LogP contribution in [0.2, 0.25) is 0 Å². The maximum Gasteiger partial charge on any atom is 0.231 e. The number of fused-ring (bicyclic) bond motifs is 6. The Labute approximate surface area is 179 Å². The Kier molecular flexibility index (Phi) is 4.03. The molecule has 3 aromatic carbocycles. The molecule has 0 amide bonds. The number of benzene rings is 3. The summed E-state index contributed by atoms with van der Waals surface area (Å²) in [4.78, 5) is 13.2. The predicted molar refractivity (Wildman–Crippen MR) is 118 cm³/mol. The summed E-state index contributed by atoms with van der Waals surface area (Å²) in [5, 5.41) is 1.11. The van der Waals surface area contributed by atoms with Crippen molar-refractivity contribution >= 4 is 16.7 Å². The second-order valence-electron chi connectivity index (χ2n) is 7.99. The molecule has 5 nitrogen and oxygen atoms in total. The number of rotatable bonds is 4. The van der Waals surface area contributed by atoms with Crippen molar-refractivity contribution in [1.82, 2.24) is 4.57 Å². The lowest BCUT2D eigenvalue weighted by molar-refractivity contribution is 0.0990. The zero-order chi connectivity index (χ0) is 20.9. The first kappa shape index (κ1) is 18.1. The molecule has 3 heterocycles. The number of carbonyl (C=O) groups excluding carboxylic acids is 1. The number of ether oxygens (including phenoxy) is 3. The molecule has 5 heteroatoms. The molecule has 0 saturated carbocycles. The number of Topliss-reactive ketones (excluding diaryl/α,β-unsaturated/α-hetero) is 1. The van der Waals surface area contributed by atoms with Gasteiger partial charge in [0, 0.05) is 35.7 Å². The Bertz CT molecular complexity index is 1340. The minimum absolute atomic E-state index is 0.0554. The maximum atomic E-state index is 13.2. The molecule has 4 aromatic rings. The normalized spacial score (nSPS) is 13.7. The summed E-state index contributed by atoms with van der Waals surface area (Å²) in [6.45, 7) is 1.14. The smallest absolute Gasteiger partial charge is 0.231 e. The summed E-state index contributed by atoms with van der Waals surface area (Å²) < 4.78 is 19.0. The molecule has 2 aliphatic rings. The molecule has 154 valence electrons. The fourth-order valence-corrected chi connectivity index (χ4v) is 4.68. The molecule has 31 heavy (non-hydrogen) atoms. The fourth-order valence-electron chi connectivity index (χ4n) is 4.68. The third-order valence-corrected chi connectivity index (χ3v) is 6.21. The number of methoxy groups -OCH3 is 1. The minimum atomic E-state index is 0.0554. The largest absolute Gasteiger partial charge is 0.496 e. The number of aromatic nitrogens is 1. The molecule has 0 unspecified atom stereocenters. The highest BCUT2D eigenvalue weighted by Crippen LogP contribution is 2.42. The predicted octanol–water partition coefficient (Wildman–Crippen LogP) is 5.03. The third kappa shape index (κ3) is 2.88. The molecule has 2 aliphatic heterocycles. The van der Waals surface area contributed by atoms with E-state index in [1.54, 1.807) is 7.11 Å². The number of nitrogens with zero attached hydrogens (tertiary/aromatic N) is 1. The first-order valence-corrected chi connectivity index (χ1v) is 10.4. The zero-order valence-corrected chi connectivity index (χ0v) is 17.2. The van der Waals surface area contributed by atoms with E-state index in [4.69, 9.17) is 14.2 Å². The van der Waals surface area contributed by atoms with E-state index in [9.17, 15) is 4.79 Å². The molecule has 0 N–H and O–H groups in total. The van der Waals surface area contributed by atoms with E-state index in [2.05, 4.69) is 16.7 Å². The van der Waals surface area contributed by atoms with Crippen LogP contribution in [-0.4, -0.2) is 24.3 Å². The lowest BCUT2D eigenvalue weighted by Crippen LogP contribution is -2.13. The third-order valence-electron chi connectivity index (χ3n) is 6.21. The Morgan fingerprint density at radius 1 is 1.03 bits per heavy atom. The van der Waals surface area contributed by atoms with E-state index in [0.29, 0.717) is 17.7 Å². The van der Waals surface area contributed by atoms with Crippen molar-refractivity contribution in [2.24, 2.45) is 0 Å². The Balaban J connectivity index is 1.47. The van der Waals surface area contributed by atoms with E-state index in [-0.39, 0.29) is 12.6 Å². The molecule has 0 atom stereocenters. The fraction of sp³-hybridized carbons (Fsp3) is 0.192. The van der Waals surface area contributed by atoms with Gasteiger partial charge in [0.1, 0.15) is 5.75 Å². The molecular formula is C26H21NO4. The van der Waals surface area contributed by atoms with E-state index >= 15 is 0 Å². The van der Waals surface area contributed by atoms with Crippen LogP contribution in [0.15, 0.2) is 60.7 Å². The number of hydrogen-bond donors (Lipinski definition) is 0. The standard InChI is InChI=1S/C26H21NO4/c1-29-24-11-17-7-8-27-21-14-26-25(30-15-31-26)12-18(21)10-22(27)19(17)13-20(24)23(28)9-16-5-3-2-4-6-16/h2-6,10-14H,7-9,15H2,1H3. The summed E-state index contributed by atoms with van der Waals surface area (Å²) in [7, 11) is 1.63. The van der Waals surface area contributed by atoms with Gasteiger partial charge in [0.2, 0.25) is 6.79 Å². The van der Waals surface area contributed by atoms with Gasteiger partial charge >= 0.3 is 0 Å². The van der Waals surface area contributed by atoms with Crippen LogP contribution >= 0.6 is 0 Å². The minimum Gasteiger partial charge on any atom is -0.496 e. The van der Waals surface area contributed by atoms with Crippen LogP contribution in [0.5, 0.6) is 17.2 Å². The molecule has 1 aromatic heterocycles. The van der Waals surface area contributed by atoms with Gasteiger partial charge in [0.05, 0.1) is 18.2 Å². The molecule has 0 radical (unpaired) electrons. The lowest BCUT2D eigenvalue weighted by Gasteiger charge is -2.22. The highest BCUT2D eigenvalue weighted by Gasteiger charge is 2.25. The van der Waals surface area contributed by atoms with E-state index in [1.807, 2.05) is 48.5 Å². The molecule has 0 bridgehead atoms. The van der Waals surface area contributed by atoms with E-state index < -0.39 is 0 Å². The van der Waals surface area contributed by atoms with Crippen molar-refractivity contribution in [1.29, 1.82) is 0 Å². The van der Waals surface area contributed by atoms with Crippen molar-refractivity contribution < 1.29 is 19.0 Å². The molecule has 0 saturated heterocycles. The van der Waals surface area contributed by atoms with E-state index in [0.717, 1.165) is 52.2 Å². The van der Waals surface area contributed by atoms with Crippen LogP contribution in [-0.2, 0) is 19.4 Å². The Morgan fingerprint density at radius 2 is 1.84 bits per heavy atom. The van der Waals surface area contributed by atoms with Crippen LogP contribution < -0.4 is 14.2 Å². The van der Waals surface area contributed by atoms with Crippen molar-refractivity contribution in [3.63, 3.8) is 0 Å².